The van der Waals surface area contributed by atoms with Crippen molar-refractivity contribution in [2.24, 2.45) is 5.11 Å². The molecule has 3 N–H and O–H groups in total. The molecule has 0 radical (unpaired) electrons. The fourth-order valence-electron chi connectivity index (χ4n) is 1.56. The maximum atomic E-state index is 13.4. The van der Waals surface area contributed by atoms with Crippen molar-refractivity contribution in [2.45, 2.75) is 25.2 Å². The highest BCUT2D eigenvalue weighted by molar-refractivity contribution is 5.27. The monoisotopic (exact) mass is 273 g/mol. The van der Waals surface area contributed by atoms with Crippen molar-refractivity contribution in [1.82, 2.24) is 0 Å². The van der Waals surface area contributed by atoms with Crippen molar-refractivity contribution in [3.05, 3.63) is 45.3 Å². The van der Waals surface area contributed by atoms with Crippen molar-refractivity contribution in [3.8, 4) is 0 Å². The molecule has 0 aliphatic rings. The van der Waals surface area contributed by atoms with E-state index >= 15 is 0 Å². The molecule has 0 aliphatic carbocycles. The van der Waals surface area contributed by atoms with Crippen LogP contribution in [0.2, 0.25) is 0 Å². The summed E-state index contributed by atoms with van der Waals surface area (Å²) >= 11 is 0. The minimum absolute atomic E-state index is 0.0454. The SMILES string of the molecule is [N-]=[N+]=NCCC(O)C(O)c1cc(F)c(CO)c(F)c1. The van der Waals surface area contributed by atoms with Crippen molar-refractivity contribution in [3.63, 3.8) is 0 Å². The Morgan fingerprint density at radius 1 is 1.26 bits per heavy atom. The Balaban J connectivity index is 2.87. The van der Waals surface area contributed by atoms with Crippen LogP contribution >= 0.6 is 0 Å². The first-order valence-corrected chi connectivity index (χ1v) is 5.47. The van der Waals surface area contributed by atoms with Gasteiger partial charge in [-0.1, -0.05) is 5.11 Å². The second kappa shape index (κ2) is 7.01. The highest BCUT2D eigenvalue weighted by Gasteiger charge is 2.21. The van der Waals surface area contributed by atoms with Crippen LogP contribution in [-0.2, 0) is 6.61 Å². The summed E-state index contributed by atoms with van der Waals surface area (Å²) in [5.74, 6) is -2.00. The van der Waals surface area contributed by atoms with Gasteiger partial charge in [0.15, 0.2) is 0 Å². The molecule has 0 aromatic heterocycles. The Kier molecular flexibility index (Phi) is 5.65. The van der Waals surface area contributed by atoms with Crippen LogP contribution in [0.25, 0.3) is 10.4 Å². The number of aliphatic hydroxyl groups excluding tert-OH is 3. The van der Waals surface area contributed by atoms with E-state index in [-0.39, 0.29) is 18.5 Å². The predicted molar refractivity (Wildman–Crippen MR) is 61.9 cm³/mol. The van der Waals surface area contributed by atoms with Gasteiger partial charge in [0.1, 0.15) is 17.7 Å². The molecule has 0 heterocycles. The molecule has 2 unspecified atom stereocenters. The summed E-state index contributed by atoms with van der Waals surface area (Å²) in [6.07, 6.45) is -2.87. The van der Waals surface area contributed by atoms with Crippen molar-refractivity contribution in [2.75, 3.05) is 6.54 Å². The molecular formula is C11H13F2N3O3. The highest BCUT2D eigenvalue weighted by atomic mass is 19.1. The van der Waals surface area contributed by atoms with Gasteiger partial charge >= 0.3 is 0 Å². The lowest BCUT2D eigenvalue weighted by Crippen LogP contribution is -2.19. The van der Waals surface area contributed by atoms with E-state index in [4.69, 9.17) is 10.6 Å². The van der Waals surface area contributed by atoms with Crippen LogP contribution in [0.4, 0.5) is 8.78 Å². The van der Waals surface area contributed by atoms with Crippen molar-refractivity contribution < 1.29 is 24.1 Å². The normalized spacial score (nSPS) is 13.7. The molecule has 0 spiro atoms. The largest absolute Gasteiger partial charge is 0.391 e. The van der Waals surface area contributed by atoms with Crippen LogP contribution < -0.4 is 0 Å². The fourth-order valence-corrected chi connectivity index (χ4v) is 1.56. The van der Waals surface area contributed by atoms with Gasteiger partial charge < -0.3 is 15.3 Å². The Hall–Kier alpha value is -1.73. The van der Waals surface area contributed by atoms with Gasteiger partial charge in [-0.2, -0.15) is 0 Å². The van der Waals surface area contributed by atoms with Crippen LogP contribution in [0, 0.1) is 11.6 Å². The predicted octanol–water partition coefficient (Wildman–Crippen LogP) is 1.55. The lowest BCUT2D eigenvalue weighted by atomic mass is 10.00. The van der Waals surface area contributed by atoms with E-state index in [1.807, 2.05) is 0 Å². The molecule has 104 valence electrons. The average molecular weight is 273 g/mol. The van der Waals surface area contributed by atoms with E-state index in [9.17, 15) is 19.0 Å². The van der Waals surface area contributed by atoms with E-state index in [2.05, 4.69) is 10.0 Å². The molecule has 0 saturated heterocycles. The zero-order chi connectivity index (χ0) is 14.4. The number of azide groups is 1. The van der Waals surface area contributed by atoms with Gasteiger partial charge in [0.05, 0.1) is 12.7 Å². The topological polar surface area (TPSA) is 109 Å². The first-order valence-electron chi connectivity index (χ1n) is 5.47. The highest BCUT2D eigenvalue weighted by Crippen LogP contribution is 2.23. The fraction of sp³-hybridized carbons (Fsp3) is 0.455. The molecule has 19 heavy (non-hydrogen) atoms. The molecule has 0 aliphatic heterocycles. The number of benzene rings is 1. The Morgan fingerprint density at radius 2 is 1.84 bits per heavy atom. The molecular weight excluding hydrogens is 260 g/mol. The van der Waals surface area contributed by atoms with E-state index in [0.717, 1.165) is 12.1 Å². The van der Waals surface area contributed by atoms with Gasteiger partial charge in [0.2, 0.25) is 0 Å². The van der Waals surface area contributed by atoms with E-state index in [1.165, 1.54) is 0 Å². The molecule has 0 fully saturated rings. The van der Waals surface area contributed by atoms with Crippen LogP contribution in [0.15, 0.2) is 17.2 Å². The van der Waals surface area contributed by atoms with Gasteiger partial charge in [0.25, 0.3) is 0 Å². The number of hydrogen-bond acceptors (Lipinski definition) is 4. The molecule has 8 heteroatoms. The first-order chi connectivity index (χ1) is 9.01. The number of hydrogen-bond donors (Lipinski definition) is 3. The van der Waals surface area contributed by atoms with Gasteiger partial charge in [-0.25, -0.2) is 8.78 Å². The maximum absolute atomic E-state index is 13.4. The third kappa shape index (κ3) is 3.87. The van der Waals surface area contributed by atoms with Crippen molar-refractivity contribution in [1.29, 1.82) is 0 Å². The average Bonchev–Trinajstić information content (AvgIpc) is 2.37. The van der Waals surface area contributed by atoms with Crippen LogP contribution in [0.5, 0.6) is 0 Å². The zero-order valence-electron chi connectivity index (χ0n) is 9.87. The second-order valence-electron chi connectivity index (χ2n) is 3.88. The standard InChI is InChI=1S/C11H13F2N3O3/c12-8-3-6(4-9(13)7(8)5-17)11(19)10(18)1-2-15-16-14/h3-4,10-11,17-19H,1-2,5H2. The zero-order valence-corrected chi connectivity index (χ0v) is 9.87. The summed E-state index contributed by atoms with van der Waals surface area (Å²) < 4.78 is 26.8. The van der Waals surface area contributed by atoms with E-state index < -0.39 is 36.0 Å². The van der Waals surface area contributed by atoms with Gasteiger partial charge in [-0.15, -0.1) is 0 Å². The minimum atomic E-state index is -1.51. The summed E-state index contributed by atoms with van der Waals surface area (Å²) in [4.78, 5) is 2.48. The molecule has 0 amide bonds. The Bertz CT molecular complexity index is 469. The second-order valence-corrected chi connectivity index (χ2v) is 3.88. The number of halogens is 2. The summed E-state index contributed by atoms with van der Waals surface area (Å²) in [6.45, 7) is -0.845. The van der Waals surface area contributed by atoms with Crippen molar-refractivity contribution >= 4 is 0 Å². The van der Waals surface area contributed by atoms with E-state index in [1.54, 1.807) is 0 Å². The summed E-state index contributed by atoms with van der Waals surface area (Å²) in [7, 11) is 0. The van der Waals surface area contributed by atoms with E-state index in [0.29, 0.717) is 0 Å². The molecule has 2 atom stereocenters. The van der Waals surface area contributed by atoms with Crippen LogP contribution in [-0.4, -0.2) is 28.0 Å². The third-order valence-corrected chi connectivity index (χ3v) is 2.62. The number of rotatable bonds is 6. The maximum Gasteiger partial charge on any atom is 0.132 e. The lowest BCUT2D eigenvalue weighted by Gasteiger charge is -2.18. The molecule has 0 saturated carbocycles. The molecule has 1 rings (SSSR count). The van der Waals surface area contributed by atoms with Gasteiger partial charge in [-0.3, -0.25) is 0 Å². The first kappa shape index (κ1) is 15.3. The smallest absolute Gasteiger partial charge is 0.132 e. The van der Waals surface area contributed by atoms with Gasteiger partial charge in [-0.05, 0) is 29.6 Å². The minimum Gasteiger partial charge on any atom is -0.391 e. The Morgan fingerprint density at radius 3 is 2.32 bits per heavy atom. The quantitative estimate of drug-likeness (QED) is 0.415. The van der Waals surface area contributed by atoms with Gasteiger partial charge in [0, 0.05) is 17.0 Å². The summed E-state index contributed by atoms with van der Waals surface area (Å²) in [5, 5.41) is 31.2. The molecule has 6 nitrogen and oxygen atoms in total. The molecule has 0 bridgehead atoms. The number of nitrogens with zero attached hydrogens (tertiary/aromatic N) is 3. The molecule has 1 aromatic carbocycles. The summed E-state index contributed by atoms with van der Waals surface area (Å²) in [5.41, 5.74) is 7.40. The third-order valence-electron chi connectivity index (χ3n) is 2.62. The Labute approximate surface area is 107 Å². The summed E-state index contributed by atoms with van der Waals surface area (Å²) in [6, 6.07) is 1.69. The number of aliphatic hydroxyl groups is 3. The van der Waals surface area contributed by atoms with Crippen LogP contribution in [0.3, 0.4) is 0 Å². The lowest BCUT2D eigenvalue weighted by molar-refractivity contribution is 0.0146. The van der Waals surface area contributed by atoms with Crippen LogP contribution in [0.1, 0.15) is 23.7 Å². The molecule has 1 aromatic rings.